The molecule has 0 amide bonds. The molecule has 0 atom stereocenters. The maximum Gasteiger partial charge on any atom is 0.150 e. The number of nitrogens with one attached hydrogen (secondary N) is 1. The molecule has 3 heteroatoms. The van der Waals surface area contributed by atoms with Gasteiger partial charge in [0.2, 0.25) is 0 Å². The maximum atomic E-state index is 10.6. The molecular formula is C11H15NO2. The Kier molecular flexibility index (Phi) is 3.51. The van der Waals surface area contributed by atoms with Gasteiger partial charge in [0.15, 0.2) is 0 Å². The van der Waals surface area contributed by atoms with Gasteiger partial charge in [0.1, 0.15) is 12.0 Å². The number of anilines is 1. The third-order valence-corrected chi connectivity index (χ3v) is 1.80. The molecule has 1 aromatic carbocycles. The Bertz CT molecular complexity index is 321. The smallest absolute Gasteiger partial charge is 0.150 e. The van der Waals surface area contributed by atoms with Crippen LogP contribution in [0.3, 0.4) is 0 Å². The number of hydrogen-bond donors (Lipinski definition) is 1. The van der Waals surface area contributed by atoms with E-state index in [4.69, 9.17) is 4.74 Å². The van der Waals surface area contributed by atoms with Crippen molar-refractivity contribution >= 4 is 12.0 Å². The third kappa shape index (κ3) is 2.49. The zero-order chi connectivity index (χ0) is 10.6. The van der Waals surface area contributed by atoms with Crippen LogP contribution < -0.4 is 10.1 Å². The highest BCUT2D eigenvalue weighted by molar-refractivity contribution is 5.78. The predicted molar refractivity (Wildman–Crippen MR) is 57.1 cm³/mol. The van der Waals surface area contributed by atoms with E-state index in [9.17, 15) is 4.79 Å². The van der Waals surface area contributed by atoms with Crippen LogP contribution >= 0.6 is 0 Å². The number of methoxy groups -OCH3 is 1. The molecule has 0 unspecified atom stereocenters. The Labute approximate surface area is 84.1 Å². The number of benzene rings is 1. The Morgan fingerprint density at radius 2 is 2.14 bits per heavy atom. The summed E-state index contributed by atoms with van der Waals surface area (Å²) in [6.07, 6.45) is 0.824. The van der Waals surface area contributed by atoms with Gasteiger partial charge in [0, 0.05) is 11.6 Å². The van der Waals surface area contributed by atoms with Gasteiger partial charge in [0.25, 0.3) is 0 Å². The van der Waals surface area contributed by atoms with Crippen LogP contribution in [0.2, 0.25) is 0 Å². The van der Waals surface area contributed by atoms with Gasteiger partial charge in [-0.1, -0.05) is 0 Å². The van der Waals surface area contributed by atoms with Crippen molar-refractivity contribution in [2.24, 2.45) is 0 Å². The highest BCUT2D eigenvalue weighted by atomic mass is 16.5. The van der Waals surface area contributed by atoms with Crippen LogP contribution in [0.4, 0.5) is 5.69 Å². The molecule has 0 radical (unpaired) electrons. The lowest BCUT2D eigenvalue weighted by atomic mass is 10.2. The average molecular weight is 193 g/mol. The molecular weight excluding hydrogens is 178 g/mol. The zero-order valence-electron chi connectivity index (χ0n) is 8.70. The normalized spacial score (nSPS) is 10.0. The van der Waals surface area contributed by atoms with Gasteiger partial charge in [0.05, 0.1) is 12.8 Å². The minimum Gasteiger partial charge on any atom is -0.495 e. The Hall–Kier alpha value is -1.51. The highest BCUT2D eigenvalue weighted by Crippen LogP contribution is 2.25. The molecule has 0 bridgehead atoms. The zero-order valence-corrected chi connectivity index (χ0v) is 8.70. The largest absolute Gasteiger partial charge is 0.495 e. The monoisotopic (exact) mass is 193 g/mol. The van der Waals surface area contributed by atoms with Crippen molar-refractivity contribution in [2.45, 2.75) is 19.9 Å². The van der Waals surface area contributed by atoms with Crippen molar-refractivity contribution < 1.29 is 9.53 Å². The lowest BCUT2D eigenvalue weighted by molar-refractivity contribution is 0.112. The predicted octanol–water partition coefficient (Wildman–Crippen LogP) is 2.33. The van der Waals surface area contributed by atoms with E-state index in [0.29, 0.717) is 11.6 Å². The minimum atomic E-state index is 0.311. The molecule has 0 saturated carbocycles. The molecule has 1 rings (SSSR count). The average Bonchev–Trinajstić information content (AvgIpc) is 2.16. The number of ether oxygens (including phenoxy) is 1. The van der Waals surface area contributed by atoms with Crippen molar-refractivity contribution in [1.29, 1.82) is 0 Å². The number of hydrogen-bond acceptors (Lipinski definition) is 3. The Morgan fingerprint density at radius 1 is 1.43 bits per heavy atom. The van der Waals surface area contributed by atoms with Gasteiger partial charge in [-0.15, -0.1) is 0 Å². The van der Waals surface area contributed by atoms with Crippen molar-refractivity contribution in [2.75, 3.05) is 12.4 Å². The summed E-state index contributed by atoms with van der Waals surface area (Å²) in [6, 6.07) is 5.61. The SMILES string of the molecule is COc1ccc(C=O)cc1NC(C)C. The van der Waals surface area contributed by atoms with E-state index in [1.165, 1.54) is 0 Å². The molecule has 0 aliphatic heterocycles. The lowest BCUT2D eigenvalue weighted by Gasteiger charge is -2.14. The number of rotatable bonds is 4. The first-order chi connectivity index (χ1) is 6.67. The quantitative estimate of drug-likeness (QED) is 0.746. The molecule has 14 heavy (non-hydrogen) atoms. The van der Waals surface area contributed by atoms with Gasteiger partial charge < -0.3 is 10.1 Å². The van der Waals surface area contributed by atoms with Gasteiger partial charge in [-0.2, -0.15) is 0 Å². The molecule has 76 valence electrons. The number of carbonyl (C=O) groups excluding carboxylic acids is 1. The van der Waals surface area contributed by atoms with Gasteiger partial charge in [-0.3, -0.25) is 4.79 Å². The fraction of sp³-hybridized carbons (Fsp3) is 0.364. The Balaban J connectivity index is 3.01. The van der Waals surface area contributed by atoms with E-state index in [2.05, 4.69) is 5.32 Å². The molecule has 0 spiro atoms. The van der Waals surface area contributed by atoms with Crippen LogP contribution in [-0.2, 0) is 0 Å². The van der Waals surface area contributed by atoms with Crippen LogP contribution in [0, 0.1) is 0 Å². The summed E-state index contributed by atoms with van der Waals surface area (Å²) in [5.41, 5.74) is 1.50. The van der Waals surface area contributed by atoms with Crippen LogP contribution in [0.5, 0.6) is 5.75 Å². The molecule has 0 aliphatic rings. The van der Waals surface area contributed by atoms with Gasteiger partial charge in [-0.05, 0) is 32.0 Å². The van der Waals surface area contributed by atoms with E-state index in [1.807, 2.05) is 13.8 Å². The fourth-order valence-corrected chi connectivity index (χ4v) is 1.22. The summed E-state index contributed by atoms with van der Waals surface area (Å²) in [7, 11) is 1.61. The molecule has 0 aliphatic carbocycles. The second-order valence-electron chi connectivity index (χ2n) is 3.38. The van der Waals surface area contributed by atoms with Crippen LogP contribution in [0.25, 0.3) is 0 Å². The second kappa shape index (κ2) is 4.65. The summed E-state index contributed by atoms with van der Waals surface area (Å²) in [5.74, 6) is 0.754. The second-order valence-corrected chi connectivity index (χ2v) is 3.38. The first-order valence-corrected chi connectivity index (χ1v) is 4.57. The maximum absolute atomic E-state index is 10.6. The minimum absolute atomic E-state index is 0.311. The van der Waals surface area contributed by atoms with Crippen molar-refractivity contribution in [1.82, 2.24) is 0 Å². The summed E-state index contributed by atoms with van der Waals surface area (Å²) in [4.78, 5) is 10.6. The molecule has 0 heterocycles. The van der Waals surface area contributed by atoms with E-state index < -0.39 is 0 Å². The van der Waals surface area contributed by atoms with Crippen molar-refractivity contribution in [3.05, 3.63) is 23.8 Å². The first kappa shape index (κ1) is 10.6. The molecule has 0 saturated heterocycles. The lowest BCUT2D eigenvalue weighted by Crippen LogP contribution is -2.10. The summed E-state index contributed by atoms with van der Waals surface area (Å²) >= 11 is 0. The molecule has 1 aromatic rings. The van der Waals surface area contributed by atoms with E-state index in [0.717, 1.165) is 17.7 Å². The van der Waals surface area contributed by atoms with E-state index in [-0.39, 0.29) is 0 Å². The summed E-state index contributed by atoms with van der Waals surface area (Å²) in [5, 5.41) is 3.22. The van der Waals surface area contributed by atoms with Gasteiger partial charge in [-0.25, -0.2) is 0 Å². The first-order valence-electron chi connectivity index (χ1n) is 4.57. The standard InChI is InChI=1S/C11H15NO2/c1-8(2)12-10-6-9(7-13)4-5-11(10)14-3/h4-8,12H,1-3H3. The molecule has 0 fully saturated rings. The van der Waals surface area contributed by atoms with E-state index >= 15 is 0 Å². The van der Waals surface area contributed by atoms with Crippen molar-refractivity contribution in [3.63, 3.8) is 0 Å². The van der Waals surface area contributed by atoms with Crippen molar-refractivity contribution in [3.8, 4) is 5.75 Å². The summed E-state index contributed by atoms with van der Waals surface area (Å²) in [6.45, 7) is 4.07. The van der Waals surface area contributed by atoms with E-state index in [1.54, 1.807) is 25.3 Å². The van der Waals surface area contributed by atoms with Gasteiger partial charge >= 0.3 is 0 Å². The number of aldehydes is 1. The van der Waals surface area contributed by atoms with Crippen LogP contribution in [0.15, 0.2) is 18.2 Å². The highest BCUT2D eigenvalue weighted by Gasteiger charge is 2.04. The van der Waals surface area contributed by atoms with Crippen LogP contribution in [-0.4, -0.2) is 19.4 Å². The third-order valence-electron chi connectivity index (χ3n) is 1.80. The molecule has 0 aromatic heterocycles. The van der Waals surface area contributed by atoms with Crippen LogP contribution in [0.1, 0.15) is 24.2 Å². The molecule has 3 nitrogen and oxygen atoms in total. The topological polar surface area (TPSA) is 38.3 Å². The Morgan fingerprint density at radius 3 is 2.64 bits per heavy atom. The molecule has 1 N–H and O–H groups in total. The fourth-order valence-electron chi connectivity index (χ4n) is 1.22. The summed E-state index contributed by atoms with van der Waals surface area (Å²) < 4.78 is 5.17. The number of carbonyl (C=O) groups is 1.